The van der Waals surface area contributed by atoms with E-state index in [1.807, 2.05) is 6.07 Å². The quantitative estimate of drug-likeness (QED) is 0.355. The number of phenols is 1. The molecule has 3 heterocycles. The average Bonchev–Trinajstić information content (AvgIpc) is 3.36. The highest BCUT2D eigenvalue weighted by Crippen LogP contribution is 2.37. The van der Waals surface area contributed by atoms with Crippen molar-refractivity contribution in [3.8, 4) is 5.75 Å². The summed E-state index contributed by atoms with van der Waals surface area (Å²) in [7, 11) is -1.57. The Balaban J connectivity index is 0.00000320. The maximum atomic E-state index is 13.3. The number of benzene rings is 2. The predicted molar refractivity (Wildman–Crippen MR) is 139 cm³/mol. The molecule has 188 valence electrons. The van der Waals surface area contributed by atoms with Crippen molar-refractivity contribution >= 4 is 34.4 Å². The predicted octanol–water partition coefficient (Wildman–Crippen LogP) is 3.27. The standard InChI is InChI=1S/C25H21N7O3S.H2O/c33-23-7-2-1-6-20(23)22-15-21(17-5-3-12-26-16-17)30-32(22)25(34)29-18-8-10-19(11-9-18)36(35)31-24-27-13-4-14-28-24;/h1-14,16,22,33H,15H2,(H,29,34)(H,27,28,31);1H2. The van der Waals surface area contributed by atoms with E-state index in [1.54, 1.807) is 85.5 Å². The first-order valence-corrected chi connectivity index (χ1v) is 12.1. The molecule has 2 unspecified atom stereocenters. The molecule has 11 nitrogen and oxygen atoms in total. The zero-order valence-electron chi connectivity index (χ0n) is 19.4. The van der Waals surface area contributed by atoms with Crippen LogP contribution in [0, 0.1) is 0 Å². The summed E-state index contributed by atoms with van der Waals surface area (Å²) in [6, 6.07) is 17.8. The molecule has 12 heteroatoms. The number of rotatable bonds is 6. The molecule has 2 atom stereocenters. The second kappa shape index (κ2) is 11.4. The molecule has 0 saturated carbocycles. The zero-order chi connectivity index (χ0) is 24.9. The van der Waals surface area contributed by atoms with E-state index in [-0.39, 0.29) is 17.2 Å². The summed E-state index contributed by atoms with van der Waals surface area (Å²) in [6.07, 6.45) is 6.88. The number of nitrogens with one attached hydrogen (secondary N) is 2. The van der Waals surface area contributed by atoms with Gasteiger partial charge in [0.2, 0.25) is 5.95 Å². The van der Waals surface area contributed by atoms with Crippen molar-refractivity contribution in [2.24, 2.45) is 5.10 Å². The number of aromatic nitrogens is 3. The van der Waals surface area contributed by atoms with E-state index in [0.717, 1.165) is 5.56 Å². The van der Waals surface area contributed by atoms with Gasteiger partial charge in [0.15, 0.2) is 11.0 Å². The number of carbonyl (C=O) groups is 1. The monoisotopic (exact) mass is 517 g/mol. The van der Waals surface area contributed by atoms with Crippen molar-refractivity contribution in [3.63, 3.8) is 0 Å². The first-order chi connectivity index (χ1) is 17.6. The molecule has 0 saturated heterocycles. The van der Waals surface area contributed by atoms with Crippen molar-refractivity contribution in [3.05, 3.63) is 103 Å². The smallest absolute Gasteiger partial charge is 0.342 e. The Morgan fingerprint density at radius 3 is 2.43 bits per heavy atom. The molecule has 0 radical (unpaired) electrons. The van der Waals surface area contributed by atoms with Crippen molar-refractivity contribution in [1.82, 2.24) is 20.0 Å². The molecule has 2 aromatic heterocycles. The lowest BCUT2D eigenvalue weighted by molar-refractivity contribution is 0.199. The number of nitrogens with zero attached hydrogens (tertiary/aromatic N) is 5. The number of urea groups is 1. The molecule has 0 bridgehead atoms. The van der Waals surface area contributed by atoms with E-state index in [0.29, 0.717) is 28.3 Å². The Morgan fingerprint density at radius 1 is 0.973 bits per heavy atom. The van der Waals surface area contributed by atoms with Crippen LogP contribution in [0.2, 0.25) is 0 Å². The number of amides is 2. The fourth-order valence-electron chi connectivity index (χ4n) is 3.75. The van der Waals surface area contributed by atoms with Crippen LogP contribution in [-0.2, 0) is 11.0 Å². The molecular formula is C25H23N7O4S. The molecule has 0 fully saturated rings. The van der Waals surface area contributed by atoms with Gasteiger partial charge in [0.25, 0.3) is 0 Å². The SMILES string of the molecule is O.O=C(Nc1ccc(S(=O)Nc2ncccn2)cc1)N1N=C(c2cccnc2)CC1c1ccccc1O. The number of anilines is 2. The van der Waals surface area contributed by atoms with Crippen LogP contribution < -0.4 is 10.0 Å². The van der Waals surface area contributed by atoms with Crippen molar-refractivity contribution < 1.29 is 19.6 Å². The minimum absolute atomic E-state index is 0. The fourth-order valence-corrected chi connectivity index (χ4v) is 4.53. The van der Waals surface area contributed by atoms with Gasteiger partial charge in [0.05, 0.1) is 16.6 Å². The van der Waals surface area contributed by atoms with Crippen molar-refractivity contribution in [2.75, 3.05) is 10.0 Å². The van der Waals surface area contributed by atoms with Gasteiger partial charge in [0.1, 0.15) is 5.75 Å². The summed E-state index contributed by atoms with van der Waals surface area (Å²) in [6.45, 7) is 0. The Kier molecular flexibility index (Phi) is 7.81. The number of hydrogen-bond donors (Lipinski definition) is 3. The van der Waals surface area contributed by atoms with Gasteiger partial charge in [-0.05, 0) is 42.5 Å². The highest BCUT2D eigenvalue weighted by atomic mass is 32.2. The number of pyridine rings is 1. The van der Waals surface area contributed by atoms with E-state index in [1.165, 1.54) is 5.01 Å². The Morgan fingerprint density at radius 2 is 1.73 bits per heavy atom. The van der Waals surface area contributed by atoms with Crippen LogP contribution in [0.3, 0.4) is 0 Å². The van der Waals surface area contributed by atoms with Crippen LogP contribution in [0.25, 0.3) is 0 Å². The van der Waals surface area contributed by atoms with Gasteiger partial charge >= 0.3 is 6.03 Å². The minimum atomic E-state index is -1.57. The first kappa shape index (κ1) is 25.4. The number of aromatic hydroxyl groups is 1. The molecular weight excluding hydrogens is 494 g/mol. The summed E-state index contributed by atoms with van der Waals surface area (Å²) >= 11 is 0. The number of hydrogen-bond acceptors (Lipinski definition) is 7. The van der Waals surface area contributed by atoms with E-state index >= 15 is 0 Å². The average molecular weight is 518 g/mol. The van der Waals surface area contributed by atoms with E-state index < -0.39 is 23.1 Å². The summed E-state index contributed by atoms with van der Waals surface area (Å²) < 4.78 is 15.3. The lowest BCUT2D eigenvalue weighted by Crippen LogP contribution is -2.31. The van der Waals surface area contributed by atoms with E-state index in [9.17, 15) is 14.1 Å². The highest BCUT2D eigenvalue weighted by Gasteiger charge is 2.34. The zero-order valence-corrected chi connectivity index (χ0v) is 20.2. The topological polar surface area (TPSA) is 164 Å². The van der Waals surface area contributed by atoms with Crippen LogP contribution in [0.4, 0.5) is 16.4 Å². The largest absolute Gasteiger partial charge is 0.508 e. The molecule has 4 aromatic rings. The summed E-state index contributed by atoms with van der Waals surface area (Å²) in [5.74, 6) is 0.337. The summed E-state index contributed by atoms with van der Waals surface area (Å²) in [4.78, 5) is 25.9. The van der Waals surface area contributed by atoms with Crippen LogP contribution >= 0.6 is 0 Å². The van der Waals surface area contributed by atoms with Gasteiger partial charge in [-0.1, -0.05) is 24.3 Å². The van der Waals surface area contributed by atoms with E-state index in [2.05, 4.69) is 30.1 Å². The van der Waals surface area contributed by atoms with Gasteiger partial charge in [-0.2, -0.15) is 5.10 Å². The molecule has 0 aliphatic carbocycles. The molecule has 1 aliphatic rings. The van der Waals surface area contributed by atoms with Gasteiger partial charge < -0.3 is 15.9 Å². The maximum absolute atomic E-state index is 13.3. The van der Waals surface area contributed by atoms with Gasteiger partial charge in [-0.15, -0.1) is 0 Å². The maximum Gasteiger partial charge on any atom is 0.342 e. The third kappa shape index (κ3) is 5.77. The van der Waals surface area contributed by atoms with Crippen LogP contribution in [0.15, 0.2) is 102 Å². The number of phenolic OH excluding ortho intramolecular Hbond substituents is 1. The molecule has 0 spiro atoms. The van der Waals surface area contributed by atoms with Crippen molar-refractivity contribution in [1.29, 1.82) is 0 Å². The lowest BCUT2D eigenvalue weighted by atomic mass is 9.98. The number of para-hydroxylation sites is 1. The van der Waals surface area contributed by atoms with Gasteiger partial charge in [-0.25, -0.2) is 24.0 Å². The second-order valence-electron chi connectivity index (χ2n) is 7.81. The molecule has 2 amide bonds. The number of carbonyl (C=O) groups excluding carboxylic acids is 1. The normalized spacial score (nSPS) is 15.3. The van der Waals surface area contributed by atoms with Crippen LogP contribution in [0.5, 0.6) is 5.75 Å². The first-order valence-electron chi connectivity index (χ1n) is 11.0. The summed E-state index contributed by atoms with van der Waals surface area (Å²) in [5, 5.41) is 19.2. The van der Waals surface area contributed by atoms with Crippen LogP contribution in [0.1, 0.15) is 23.6 Å². The van der Waals surface area contributed by atoms with Crippen LogP contribution in [-0.4, -0.2) is 46.5 Å². The molecule has 37 heavy (non-hydrogen) atoms. The Labute approximate surface area is 214 Å². The highest BCUT2D eigenvalue weighted by molar-refractivity contribution is 7.86. The molecule has 1 aliphatic heterocycles. The summed E-state index contributed by atoms with van der Waals surface area (Å²) in [5.41, 5.74) is 2.58. The van der Waals surface area contributed by atoms with E-state index in [4.69, 9.17) is 0 Å². The van der Waals surface area contributed by atoms with Crippen molar-refractivity contribution in [2.45, 2.75) is 17.4 Å². The molecule has 5 rings (SSSR count). The molecule has 5 N–H and O–H groups in total. The third-order valence-corrected chi connectivity index (χ3v) is 6.55. The fraction of sp³-hybridized carbons (Fsp3) is 0.0800. The Hall–Kier alpha value is -4.68. The Bertz CT molecular complexity index is 1420. The molecule has 2 aromatic carbocycles. The lowest BCUT2D eigenvalue weighted by Gasteiger charge is -2.23. The second-order valence-corrected chi connectivity index (χ2v) is 9.02. The van der Waals surface area contributed by atoms with Gasteiger partial charge in [-0.3, -0.25) is 9.71 Å². The minimum Gasteiger partial charge on any atom is -0.508 e. The number of hydrazone groups is 1. The third-order valence-electron chi connectivity index (χ3n) is 5.48. The van der Waals surface area contributed by atoms with Gasteiger partial charge in [0, 0.05) is 48.0 Å².